The Balaban J connectivity index is 1.54. The molecule has 1 aliphatic heterocycles. The smallest absolute Gasteiger partial charge is 0.405 e. The second kappa shape index (κ2) is 7.56. The lowest BCUT2D eigenvalue weighted by atomic mass is 10.1. The molecule has 0 atom stereocenters. The average Bonchev–Trinajstić information content (AvgIpc) is 3.34. The molecule has 0 amide bonds. The van der Waals surface area contributed by atoms with Crippen LogP contribution in [0, 0.1) is 0 Å². The largest absolute Gasteiger partial charge is 0.573 e. The molecular weight excluding hydrogens is 375 g/mol. The first-order chi connectivity index (χ1) is 13.5. The summed E-state index contributed by atoms with van der Waals surface area (Å²) in [6.07, 6.45) is 0.0473. The van der Waals surface area contributed by atoms with Gasteiger partial charge in [0.25, 0.3) is 0 Å². The summed E-state index contributed by atoms with van der Waals surface area (Å²) in [5.74, 6) is -0.233. The van der Waals surface area contributed by atoms with Crippen molar-refractivity contribution in [3.63, 3.8) is 0 Å². The summed E-state index contributed by atoms with van der Waals surface area (Å²) in [6, 6.07) is 9.74. The highest BCUT2D eigenvalue weighted by molar-refractivity contribution is 5.54. The van der Waals surface area contributed by atoms with E-state index in [4.69, 9.17) is 0 Å². The number of nitrogens with one attached hydrogen (secondary N) is 4. The van der Waals surface area contributed by atoms with E-state index in [9.17, 15) is 13.2 Å². The number of hydrogen-bond acceptors (Lipinski definition) is 7. The molecule has 11 heteroatoms. The Hall–Kier alpha value is -2.99. The first-order valence-corrected chi connectivity index (χ1v) is 8.31. The highest BCUT2D eigenvalue weighted by Gasteiger charge is 2.32. The van der Waals surface area contributed by atoms with E-state index in [-0.39, 0.29) is 18.5 Å². The molecular formula is C17H16F3N7O. The number of rotatable bonds is 5. The summed E-state index contributed by atoms with van der Waals surface area (Å²) >= 11 is 0. The first-order valence-electron chi connectivity index (χ1n) is 8.31. The van der Waals surface area contributed by atoms with Crippen molar-refractivity contribution in [1.82, 2.24) is 36.5 Å². The molecule has 146 valence electrons. The molecule has 0 bridgehead atoms. The molecule has 8 nitrogen and oxygen atoms in total. The van der Waals surface area contributed by atoms with Gasteiger partial charge >= 0.3 is 6.36 Å². The molecule has 2 aromatic heterocycles. The highest BCUT2D eigenvalue weighted by atomic mass is 19.4. The van der Waals surface area contributed by atoms with Gasteiger partial charge in [-0.2, -0.15) is 11.1 Å². The fourth-order valence-electron chi connectivity index (χ4n) is 2.82. The molecule has 0 unspecified atom stereocenters. The van der Waals surface area contributed by atoms with E-state index in [1.807, 2.05) is 12.1 Å². The predicted octanol–water partition coefficient (Wildman–Crippen LogP) is 2.01. The number of nitrogens with zero attached hydrogens (tertiary/aromatic N) is 3. The normalized spacial score (nSPS) is 15.1. The Morgan fingerprint density at radius 2 is 1.82 bits per heavy atom. The van der Waals surface area contributed by atoms with Gasteiger partial charge in [-0.1, -0.05) is 18.2 Å². The number of para-hydroxylation sites is 1. The summed E-state index contributed by atoms with van der Waals surface area (Å²) in [7, 11) is 0. The summed E-state index contributed by atoms with van der Waals surface area (Å²) in [5, 5.41) is 0. The molecule has 0 saturated carbocycles. The molecule has 0 aliphatic carbocycles. The third-order valence-corrected chi connectivity index (χ3v) is 4.06. The van der Waals surface area contributed by atoms with Crippen molar-refractivity contribution in [1.29, 1.82) is 0 Å². The summed E-state index contributed by atoms with van der Waals surface area (Å²) in [6.45, 7) is 0.179. The first kappa shape index (κ1) is 18.4. The van der Waals surface area contributed by atoms with Crippen LogP contribution in [-0.2, 0) is 6.54 Å². The molecule has 4 rings (SSSR count). The van der Waals surface area contributed by atoms with Crippen LogP contribution in [0.5, 0.6) is 5.75 Å². The number of imidazole rings is 1. The van der Waals surface area contributed by atoms with Gasteiger partial charge in [-0.15, -0.1) is 13.2 Å². The van der Waals surface area contributed by atoms with E-state index in [1.165, 1.54) is 12.1 Å². The number of aromatic nitrogens is 3. The highest BCUT2D eigenvalue weighted by Crippen LogP contribution is 2.27. The van der Waals surface area contributed by atoms with Gasteiger partial charge in [-0.25, -0.2) is 15.8 Å². The third kappa shape index (κ3) is 4.28. The number of benzene rings is 1. The number of hydrogen-bond donors (Lipinski definition) is 4. The van der Waals surface area contributed by atoms with E-state index >= 15 is 0 Å². The molecule has 1 aromatic carbocycles. The van der Waals surface area contributed by atoms with Crippen LogP contribution >= 0.6 is 0 Å². The molecule has 0 spiro atoms. The van der Waals surface area contributed by atoms with Crippen molar-refractivity contribution in [3.05, 3.63) is 66.2 Å². The fraction of sp³-hybridized carbons (Fsp3) is 0.176. The van der Waals surface area contributed by atoms with Crippen LogP contribution < -0.4 is 26.7 Å². The van der Waals surface area contributed by atoms with Gasteiger partial charge in [-0.05, 0) is 23.8 Å². The van der Waals surface area contributed by atoms with E-state index in [0.717, 1.165) is 5.56 Å². The van der Waals surface area contributed by atoms with Crippen LogP contribution in [0.2, 0.25) is 0 Å². The van der Waals surface area contributed by atoms with Gasteiger partial charge < -0.3 is 9.30 Å². The molecule has 3 aromatic rings. The Bertz CT molecular complexity index is 954. The molecule has 28 heavy (non-hydrogen) atoms. The number of alkyl halides is 3. The minimum absolute atomic E-state index is 0.143. The molecule has 0 radical (unpaired) electrons. The van der Waals surface area contributed by atoms with Crippen LogP contribution in [0.25, 0.3) is 11.4 Å². The lowest BCUT2D eigenvalue weighted by Crippen LogP contribution is -2.33. The topological polar surface area (TPSA) is 88.1 Å². The van der Waals surface area contributed by atoms with Gasteiger partial charge in [0.15, 0.2) is 0 Å². The maximum Gasteiger partial charge on any atom is 0.573 e. The van der Waals surface area contributed by atoms with Crippen molar-refractivity contribution in [2.75, 3.05) is 0 Å². The second-order valence-corrected chi connectivity index (χ2v) is 6.03. The monoisotopic (exact) mass is 391 g/mol. The number of halogens is 3. The van der Waals surface area contributed by atoms with Crippen molar-refractivity contribution in [2.45, 2.75) is 19.1 Å². The molecule has 4 N–H and O–H groups in total. The van der Waals surface area contributed by atoms with Crippen LogP contribution in [0.3, 0.4) is 0 Å². The Morgan fingerprint density at radius 3 is 2.61 bits per heavy atom. The molecule has 1 fully saturated rings. The maximum absolute atomic E-state index is 12.6. The van der Waals surface area contributed by atoms with Crippen LogP contribution in [0.1, 0.15) is 17.3 Å². The standard InChI is InChI=1S/C17H16F3N7O/c18-17(19,20)28-15-4-2-1-3-12(15)8-27-9-14(22-10-27)13-7-11(5-6-21-13)16-23-25-26-24-16/h1-7,9-10,16,23-26H,8H2. The van der Waals surface area contributed by atoms with E-state index in [2.05, 4.69) is 36.6 Å². The Kier molecular flexibility index (Phi) is 4.96. The number of hydrazine groups is 3. The molecule has 1 saturated heterocycles. The average molecular weight is 391 g/mol. The van der Waals surface area contributed by atoms with E-state index < -0.39 is 6.36 Å². The van der Waals surface area contributed by atoms with Crippen LogP contribution in [0.4, 0.5) is 13.2 Å². The van der Waals surface area contributed by atoms with Crippen molar-refractivity contribution in [3.8, 4) is 17.1 Å². The summed E-state index contributed by atoms with van der Waals surface area (Å²) < 4.78 is 43.5. The Labute approximate surface area is 157 Å². The lowest BCUT2D eigenvalue weighted by Gasteiger charge is -2.13. The van der Waals surface area contributed by atoms with Gasteiger partial charge in [0.1, 0.15) is 17.6 Å². The number of ether oxygens (including phenoxy) is 1. The maximum atomic E-state index is 12.6. The van der Waals surface area contributed by atoms with E-state index in [0.29, 0.717) is 17.0 Å². The molecule has 3 heterocycles. The summed E-state index contributed by atoms with van der Waals surface area (Å²) in [5.41, 5.74) is 14.0. The fourth-order valence-corrected chi connectivity index (χ4v) is 2.82. The van der Waals surface area contributed by atoms with E-state index in [1.54, 1.807) is 35.4 Å². The van der Waals surface area contributed by atoms with Crippen molar-refractivity contribution in [2.24, 2.45) is 0 Å². The zero-order valence-corrected chi connectivity index (χ0v) is 14.4. The summed E-state index contributed by atoms with van der Waals surface area (Å²) in [4.78, 5) is 8.64. The van der Waals surface area contributed by atoms with Crippen LogP contribution in [-0.4, -0.2) is 20.9 Å². The van der Waals surface area contributed by atoms with Crippen molar-refractivity contribution >= 4 is 0 Å². The Morgan fingerprint density at radius 1 is 1.04 bits per heavy atom. The number of pyridine rings is 1. The van der Waals surface area contributed by atoms with Gasteiger partial charge in [-0.3, -0.25) is 4.98 Å². The second-order valence-electron chi connectivity index (χ2n) is 6.03. The minimum atomic E-state index is -4.74. The molecule has 1 aliphatic rings. The van der Waals surface area contributed by atoms with Gasteiger partial charge in [0.05, 0.1) is 18.6 Å². The van der Waals surface area contributed by atoms with Gasteiger partial charge in [0.2, 0.25) is 0 Å². The third-order valence-electron chi connectivity index (χ3n) is 4.06. The zero-order chi connectivity index (χ0) is 19.6. The zero-order valence-electron chi connectivity index (χ0n) is 14.4. The lowest BCUT2D eigenvalue weighted by molar-refractivity contribution is -0.274. The predicted molar refractivity (Wildman–Crippen MR) is 93.0 cm³/mol. The quantitative estimate of drug-likeness (QED) is 0.529. The van der Waals surface area contributed by atoms with Gasteiger partial charge in [0, 0.05) is 18.0 Å². The van der Waals surface area contributed by atoms with Crippen molar-refractivity contribution < 1.29 is 17.9 Å². The SMILES string of the molecule is FC(F)(F)Oc1ccccc1Cn1cnc(-c2cc(C3NNNN3)ccn2)c1. The van der Waals surface area contributed by atoms with Crippen LogP contribution in [0.15, 0.2) is 55.1 Å². The minimum Gasteiger partial charge on any atom is -0.405 e.